The van der Waals surface area contributed by atoms with Crippen LogP contribution in [0.2, 0.25) is 0 Å². The Kier molecular flexibility index (Phi) is 6.31. The lowest BCUT2D eigenvalue weighted by atomic mass is 9.90. The maximum Gasteiger partial charge on any atom is 0.264 e. The molecule has 11 heteroatoms. The Labute approximate surface area is 217 Å². The van der Waals surface area contributed by atoms with Crippen LogP contribution < -0.4 is 19.4 Å². The van der Waals surface area contributed by atoms with Gasteiger partial charge in [0.15, 0.2) is 0 Å². The first kappa shape index (κ1) is 24.4. The van der Waals surface area contributed by atoms with Crippen molar-refractivity contribution in [1.29, 1.82) is 0 Å². The summed E-state index contributed by atoms with van der Waals surface area (Å²) in [7, 11) is -0.522. The predicted molar refractivity (Wildman–Crippen MR) is 145 cm³/mol. The van der Waals surface area contributed by atoms with Crippen molar-refractivity contribution in [2.45, 2.75) is 38.1 Å². The fourth-order valence-corrected chi connectivity index (χ4v) is 7.86. The van der Waals surface area contributed by atoms with Crippen molar-refractivity contribution < 1.29 is 13.2 Å². The van der Waals surface area contributed by atoms with Crippen LogP contribution in [0.3, 0.4) is 0 Å². The van der Waals surface area contributed by atoms with Crippen LogP contribution in [-0.4, -0.2) is 25.0 Å². The summed E-state index contributed by atoms with van der Waals surface area (Å²) in [6, 6.07) is 14.2. The number of rotatable bonds is 6. The van der Waals surface area contributed by atoms with Crippen LogP contribution in [0.5, 0.6) is 5.75 Å². The van der Waals surface area contributed by atoms with Crippen LogP contribution in [0.25, 0.3) is 11.1 Å². The molecule has 1 aliphatic rings. The molecular weight excluding hydrogens is 515 g/mol. The number of ether oxygens (including phenoxy) is 1. The number of aryl methyl sites for hydroxylation is 1. The van der Waals surface area contributed by atoms with Gasteiger partial charge in [-0.3, -0.25) is 0 Å². The van der Waals surface area contributed by atoms with Gasteiger partial charge in [0.05, 0.1) is 27.6 Å². The number of nitrogens with zero attached hydrogens (tertiary/aromatic N) is 3. The minimum Gasteiger partial charge on any atom is -0.494 e. The quantitative estimate of drug-likeness (QED) is 0.306. The molecular formula is C25H25N5O3S3. The molecule has 36 heavy (non-hydrogen) atoms. The van der Waals surface area contributed by atoms with Crippen molar-refractivity contribution in [2.24, 2.45) is 4.99 Å². The number of nitrogens with one attached hydrogen (secondary N) is 2. The van der Waals surface area contributed by atoms with Gasteiger partial charge in [-0.05, 0) is 76.2 Å². The summed E-state index contributed by atoms with van der Waals surface area (Å²) in [5.74, 6) is 0.849. The molecule has 4 aromatic rings. The molecule has 0 saturated heterocycles. The van der Waals surface area contributed by atoms with E-state index in [2.05, 4.69) is 33.9 Å². The molecule has 2 N–H and O–H groups in total. The first-order valence-electron chi connectivity index (χ1n) is 11.3. The van der Waals surface area contributed by atoms with E-state index in [1.807, 2.05) is 25.1 Å². The van der Waals surface area contributed by atoms with Gasteiger partial charge in [0.1, 0.15) is 10.4 Å². The third-order valence-corrected chi connectivity index (χ3v) is 9.61. The average Bonchev–Trinajstić information content (AvgIpc) is 3.25. The molecule has 0 fully saturated rings. The molecule has 0 amide bonds. The van der Waals surface area contributed by atoms with Gasteiger partial charge in [0, 0.05) is 28.7 Å². The van der Waals surface area contributed by atoms with E-state index in [1.165, 1.54) is 23.2 Å². The van der Waals surface area contributed by atoms with Gasteiger partial charge in [-0.2, -0.15) is 0 Å². The van der Waals surface area contributed by atoms with Gasteiger partial charge in [-0.15, -0.1) is 0 Å². The lowest BCUT2D eigenvalue weighted by Crippen LogP contribution is -2.31. The fourth-order valence-electron chi connectivity index (χ4n) is 3.97. The minimum absolute atomic E-state index is 0.0387. The molecule has 0 atom stereocenters. The van der Waals surface area contributed by atoms with Crippen LogP contribution in [-0.2, 0) is 15.6 Å². The predicted octanol–water partition coefficient (Wildman–Crippen LogP) is 5.67. The van der Waals surface area contributed by atoms with Crippen LogP contribution in [0, 0.1) is 6.92 Å². The number of fused-ring (bicyclic) bond motifs is 3. The van der Waals surface area contributed by atoms with Crippen molar-refractivity contribution >= 4 is 48.0 Å². The van der Waals surface area contributed by atoms with Crippen molar-refractivity contribution in [3.63, 3.8) is 0 Å². The third-order valence-electron chi connectivity index (χ3n) is 5.63. The summed E-state index contributed by atoms with van der Waals surface area (Å²) in [6.45, 7) is 8.64. The maximum absolute atomic E-state index is 12.8. The minimum atomic E-state index is -3.82. The Balaban J connectivity index is 1.51. The lowest BCUT2D eigenvalue weighted by Gasteiger charge is -2.33. The van der Waals surface area contributed by atoms with E-state index in [0.717, 1.165) is 27.2 Å². The molecule has 1 aliphatic heterocycles. The third kappa shape index (κ3) is 4.73. The highest BCUT2D eigenvalue weighted by atomic mass is 32.9. The fraction of sp³-hybridized carbons (Fsp3) is 0.240. The van der Waals surface area contributed by atoms with Gasteiger partial charge in [-0.1, -0.05) is 20.7 Å². The maximum atomic E-state index is 12.8. The summed E-state index contributed by atoms with van der Waals surface area (Å²) in [5.41, 5.74) is 4.26. The molecule has 0 spiro atoms. The van der Waals surface area contributed by atoms with Gasteiger partial charge in [0.25, 0.3) is 10.0 Å². The van der Waals surface area contributed by atoms with E-state index in [0.29, 0.717) is 18.0 Å². The van der Waals surface area contributed by atoms with E-state index in [-0.39, 0.29) is 16.4 Å². The first-order valence-corrected chi connectivity index (χ1v) is 15.0. The average molecular weight is 540 g/mol. The van der Waals surface area contributed by atoms with Crippen LogP contribution >= 0.6 is 20.7 Å². The number of aromatic nitrogens is 2. The van der Waals surface area contributed by atoms with Gasteiger partial charge in [-0.25, -0.2) is 28.1 Å². The Morgan fingerprint density at radius 2 is 1.89 bits per heavy atom. The van der Waals surface area contributed by atoms with E-state index in [4.69, 9.17) is 9.73 Å². The Morgan fingerprint density at radius 1 is 1.11 bits per heavy atom. The Hall–Kier alpha value is -3.28. The largest absolute Gasteiger partial charge is 0.494 e. The van der Waals surface area contributed by atoms with Crippen molar-refractivity contribution in [2.75, 3.05) is 16.6 Å². The SMILES string of the molecule is CCOc1ccc2c(c1)-c1c(ssc1=Nc1ccc(S(=O)(=O)Nc3nccc(C)n3)cc1)C(C)(C)N2. The highest BCUT2D eigenvalue weighted by molar-refractivity contribution is 7.92. The summed E-state index contributed by atoms with van der Waals surface area (Å²) < 4.78 is 34.6. The first-order chi connectivity index (χ1) is 17.2. The molecule has 8 nitrogen and oxygen atoms in total. The van der Waals surface area contributed by atoms with E-state index < -0.39 is 10.0 Å². The molecule has 5 rings (SSSR count). The van der Waals surface area contributed by atoms with Crippen molar-refractivity contribution in [3.8, 4) is 16.9 Å². The summed E-state index contributed by atoms with van der Waals surface area (Å²) in [4.78, 5) is 14.3. The smallest absolute Gasteiger partial charge is 0.264 e. The number of sulfonamides is 1. The number of hydrogen-bond donors (Lipinski definition) is 2. The second kappa shape index (κ2) is 9.30. The van der Waals surface area contributed by atoms with Gasteiger partial charge in [0.2, 0.25) is 5.95 Å². The Bertz CT molecular complexity index is 1610. The molecule has 0 aliphatic carbocycles. The molecule has 0 saturated carbocycles. The van der Waals surface area contributed by atoms with Gasteiger partial charge >= 0.3 is 0 Å². The summed E-state index contributed by atoms with van der Waals surface area (Å²) in [6.07, 6.45) is 1.51. The van der Waals surface area contributed by atoms with E-state index in [1.54, 1.807) is 45.8 Å². The molecule has 2 aromatic carbocycles. The van der Waals surface area contributed by atoms with E-state index >= 15 is 0 Å². The van der Waals surface area contributed by atoms with Crippen LogP contribution in [0.1, 0.15) is 31.3 Å². The zero-order chi connectivity index (χ0) is 25.5. The van der Waals surface area contributed by atoms with Crippen LogP contribution in [0.15, 0.2) is 64.6 Å². The second-order valence-corrected chi connectivity index (χ2v) is 12.6. The molecule has 0 unspecified atom stereocenters. The monoisotopic (exact) mass is 539 g/mol. The van der Waals surface area contributed by atoms with Crippen molar-refractivity contribution in [3.05, 3.63) is 70.0 Å². The standard InChI is InChI=1S/C25H25N5O3S3/c1-5-33-17-8-11-20-19(14-17)21-22(25(3,4)29-20)34-35-23(21)28-16-6-9-18(10-7-16)36(31,32)30-24-26-13-12-15(2)27-24/h6-14,29H,5H2,1-4H3,(H,26,27,30). The number of benzene rings is 2. The molecule has 2 aromatic heterocycles. The van der Waals surface area contributed by atoms with E-state index in [9.17, 15) is 8.42 Å². The lowest BCUT2D eigenvalue weighted by molar-refractivity contribution is 0.340. The molecule has 186 valence electrons. The number of anilines is 2. The highest BCUT2D eigenvalue weighted by Gasteiger charge is 2.33. The van der Waals surface area contributed by atoms with Gasteiger partial charge < -0.3 is 10.1 Å². The summed E-state index contributed by atoms with van der Waals surface area (Å²) in [5, 5.41) is 3.62. The highest BCUT2D eigenvalue weighted by Crippen LogP contribution is 2.46. The van der Waals surface area contributed by atoms with Crippen molar-refractivity contribution in [1.82, 2.24) is 9.97 Å². The Morgan fingerprint density at radius 3 is 2.61 bits per heavy atom. The number of hydrogen-bond acceptors (Lipinski definition) is 9. The second-order valence-electron chi connectivity index (χ2n) is 8.80. The molecule has 3 heterocycles. The normalized spacial score (nSPS) is 14.5. The molecule has 0 bridgehead atoms. The topological polar surface area (TPSA) is 106 Å². The zero-order valence-electron chi connectivity index (χ0n) is 20.2. The molecule has 0 radical (unpaired) electrons. The van der Waals surface area contributed by atoms with Crippen LogP contribution in [0.4, 0.5) is 17.3 Å². The zero-order valence-corrected chi connectivity index (χ0v) is 22.6. The summed E-state index contributed by atoms with van der Waals surface area (Å²) >= 11 is 0.